The molecule has 0 amide bonds. The summed E-state index contributed by atoms with van der Waals surface area (Å²) in [5.74, 6) is 0.152. The Bertz CT molecular complexity index is 444. The average molecular weight is 298 g/mol. The Hall–Kier alpha value is -1.08. The number of carboxylic acids is 1. The van der Waals surface area contributed by atoms with Crippen molar-refractivity contribution in [2.45, 2.75) is 44.3 Å². The lowest BCUT2D eigenvalue weighted by Crippen LogP contribution is -2.33. The van der Waals surface area contributed by atoms with Crippen molar-refractivity contribution in [3.05, 3.63) is 5.82 Å². The molecular formula is C13H22N4O2S. The zero-order valence-electron chi connectivity index (χ0n) is 11.9. The molecule has 1 fully saturated rings. The van der Waals surface area contributed by atoms with Crippen LogP contribution in [-0.2, 0) is 17.8 Å². The van der Waals surface area contributed by atoms with E-state index in [4.69, 9.17) is 5.11 Å². The summed E-state index contributed by atoms with van der Waals surface area (Å²) in [5, 5.41) is 17.8. The fraction of sp³-hybridized carbons (Fsp3) is 0.769. The molecule has 2 heterocycles. The van der Waals surface area contributed by atoms with Crippen LogP contribution in [0, 0.1) is 0 Å². The van der Waals surface area contributed by atoms with E-state index in [0.29, 0.717) is 0 Å². The maximum absolute atomic E-state index is 10.7. The molecule has 6 nitrogen and oxygen atoms in total. The highest BCUT2D eigenvalue weighted by Gasteiger charge is 2.15. The molecular weight excluding hydrogens is 276 g/mol. The van der Waals surface area contributed by atoms with Gasteiger partial charge in [0.25, 0.3) is 0 Å². The molecule has 0 atom stereocenters. The molecule has 0 bridgehead atoms. The molecule has 0 aliphatic carbocycles. The second kappa shape index (κ2) is 7.64. The van der Waals surface area contributed by atoms with Gasteiger partial charge in [-0.3, -0.25) is 4.79 Å². The Kier molecular flexibility index (Phi) is 5.85. The molecule has 112 valence electrons. The predicted octanol–water partition coefficient (Wildman–Crippen LogP) is 1.50. The monoisotopic (exact) mass is 298 g/mol. The molecule has 0 saturated carbocycles. The number of carbonyl (C=O) groups is 1. The van der Waals surface area contributed by atoms with Gasteiger partial charge in [-0.25, -0.2) is 0 Å². The third kappa shape index (κ3) is 4.21. The highest BCUT2D eigenvalue weighted by molar-refractivity contribution is 7.99. The van der Waals surface area contributed by atoms with Crippen LogP contribution in [0.25, 0.3) is 0 Å². The second-order valence-corrected chi connectivity index (χ2v) is 5.93. The molecule has 0 unspecified atom stereocenters. The zero-order valence-corrected chi connectivity index (χ0v) is 12.7. The molecule has 1 aliphatic rings. The third-order valence-corrected chi connectivity index (χ3v) is 4.47. The number of piperidine rings is 1. The van der Waals surface area contributed by atoms with Crippen molar-refractivity contribution in [1.82, 2.24) is 19.7 Å². The van der Waals surface area contributed by atoms with Crippen LogP contribution in [-0.4, -0.2) is 56.1 Å². The van der Waals surface area contributed by atoms with E-state index in [1.807, 2.05) is 6.92 Å². The summed E-state index contributed by atoms with van der Waals surface area (Å²) in [6.45, 7) is 6.22. The number of hydrogen-bond acceptors (Lipinski definition) is 5. The number of aromatic nitrogens is 3. The SMILES string of the molecule is CCc1nnc(SCC(=O)O)n1CCN1CCCCC1. The first kappa shape index (κ1) is 15.3. The van der Waals surface area contributed by atoms with Crippen LogP contribution in [0.5, 0.6) is 0 Å². The Balaban J connectivity index is 1.96. The van der Waals surface area contributed by atoms with Crippen LogP contribution in [0.4, 0.5) is 0 Å². The predicted molar refractivity (Wildman–Crippen MR) is 78.1 cm³/mol. The maximum atomic E-state index is 10.7. The van der Waals surface area contributed by atoms with Gasteiger partial charge in [-0.15, -0.1) is 10.2 Å². The first-order valence-corrected chi connectivity index (χ1v) is 8.18. The van der Waals surface area contributed by atoms with Gasteiger partial charge >= 0.3 is 5.97 Å². The number of rotatable bonds is 7. The highest BCUT2D eigenvalue weighted by Crippen LogP contribution is 2.18. The van der Waals surface area contributed by atoms with Gasteiger partial charge in [-0.05, 0) is 25.9 Å². The Morgan fingerprint density at radius 2 is 2.00 bits per heavy atom. The molecule has 20 heavy (non-hydrogen) atoms. The largest absolute Gasteiger partial charge is 0.481 e. The minimum atomic E-state index is -0.821. The lowest BCUT2D eigenvalue weighted by Gasteiger charge is -2.26. The summed E-state index contributed by atoms with van der Waals surface area (Å²) in [7, 11) is 0. The van der Waals surface area contributed by atoms with Gasteiger partial charge in [-0.1, -0.05) is 25.1 Å². The molecule has 1 aromatic rings. The van der Waals surface area contributed by atoms with E-state index >= 15 is 0 Å². The van der Waals surface area contributed by atoms with Gasteiger partial charge in [0.05, 0.1) is 5.75 Å². The Morgan fingerprint density at radius 1 is 1.25 bits per heavy atom. The average Bonchev–Trinajstić information content (AvgIpc) is 2.86. The standard InChI is InChI=1S/C13H22N4O2S/c1-2-11-14-15-13(20-10-12(18)19)17(11)9-8-16-6-4-3-5-7-16/h2-10H2,1H3,(H,18,19). The van der Waals surface area contributed by atoms with Crippen LogP contribution in [0.3, 0.4) is 0 Å². The van der Waals surface area contributed by atoms with Gasteiger partial charge in [-0.2, -0.15) is 0 Å². The van der Waals surface area contributed by atoms with E-state index in [1.165, 1.54) is 44.1 Å². The van der Waals surface area contributed by atoms with Crippen molar-refractivity contribution in [2.75, 3.05) is 25.4 Å². The summed E-state index contributed by atoms with van der Waals surface area (Å²) >= 11 is 1.25. The van der Waals surface area contributed by atoms with Gasteiger partial charge in [0.15, 0.2) is 5.16 Å². The zero-order chi connectivity index (χ0) is 14.4. The molecule has 7 heteroatoms. The number of aliphatic carboxylic acids is 1. The number of aryl methyl sites for hydroxylation is 1. The van der Waals surface area contributed by atoms with Crippen LogP contribution in [0.15, 0.2) is 5.16 Å². The van der Waals surface area contributed by atoms with Crippen molar-refractivity contribution in [3.63, 3.8) is 0 Å². The molecule has 1 aliphatic heterocycles. The molecule has 2 rings (SSSR count). The molecule has 0 radical (unpaired) electrons. The summed E-state index contributed by atoms with van der Waals surface area (Å²) in [5.41, 5.74) is 0. The number of likely N-dealkylation sites (tertiary alicyclic amines) is 1. The van der Waals surface area contributed by atoms with E-state index in [0.717, 1.165) is 30.5 Å². The molecule has 0 spiro atoms. The van der Waals surface area contributed by atoms with Crippen LogP contribution in [0.2, 0.25) is 0 Å². The summed E-state index contributed by atoms with van der Waals surface area (Å²) in [6, 6.07) is 0. The van der Waals surface area contributed by atoms with Crippen molar-refractivity contribution in [2.24, 2.45) is 0 Å². The first-order chi connectivity index (χ1) is 9.70. The van der Waals surface area contributed by atoms with Crippen molar-refractivity contribution >= 4 is 17.7 Å². The number of thioether (sulfide) groups is 1. The highest BCUT2D eigenvalue weighted by atomic mass is 32.2. The van der Waals surface area contributed by atoms with Crippen molar-refractivity contribution in [3.8, 4) is 0 Å². The molecule has 1 saturated heterocycles. The Labute approximate surface area is 123 Å². The summed E-state index contributed by atoms with van der Waals surface area (Å²) < 4.78 is 2.07. The van der Waals surface area contributed by atoms with Crippen LogP contribution in [0.1, 0.15) is 32.0 Å². The molecule has 1 aromatic heterocycles. The molecule has 0 aromatic carbocycles. The fourth-order valence-corrected chi connectivity index (χ4v) is 3.17. The number of hydrogen-bond donors (Lipinski definition) is 1. The third-order valence-electron chi connectivity index (χ3n) is 3.52. The minimum Gasteiger partial charge on any atom is -0.481 e. The van der Waals surface area contributed by atoms with Crippen LogP contribution < -0.4 is 0 Å². The number of carboxylic acid groups (broad SMARTS) is 1. The quantitative estimate of drug-likeness (QED) is 0.769. The van der Waals surface area contributed by atoms with Gasteiger partial charge in [0.1, 0.15) is 5.82 Å². The first-order valence-electron chi connectivity index (χ1n) is 7.19. The fourth-order valence-electron chi connectivity index (χ4n) is 2.46. The Morgan fingerprint density at radius 3 is 2.65 bits per heavy atom. The maximum Gasteiger partial charge on any atom is 0.313 e. The second-order valence-electron chi connectivity index (χ2n) is 4.99. The van der Waals surface area contributed by atoms with Gasteiger partial charge < -0.3 is 14.6 Å². The van der Waals surface area contributed by atoms with Crippen molar-refractivity contribution in [1.29, 1.82) is 0 Å². The smallest absolute Gasteiger partial charge is 0.313 e. The number of nitrogens with zero attached hydrogens (tertiary/aromatic N) is 4. The summed E-state index contributed by atoms with van der Waals surface area (Å²) in [6.07, 6.45) is 4.72. The van der Waals surface area contributed by atoms with Crippen LogP contribution >= 0.6 is 11.8 Å². The van der Waals surface area contributed by atoms with E-state index in [-0.39, 0.29) is 5.75 Å². The van der Waals surface area contributed by atoms with E-state index in [9.17, 15) is 4.79 Å². The normalized spacial score (nSPS) is 16.4. The van der Waals surface area contributed by atoms with Gasteiger partial charge in [0.2, 0.25) is 0 Å². The lowest BCUT2D eigenvalue weighted by atomic mass is 10.1. The van der Waals surface area contributed by atoms with Gasteiger partial charge in [0, 0.05) is 19.5 Å². The van der Waals surface area contributed by atoms with E-state index in [1.54, 1.807) is 0 Å². The molecule has 1 N–H and O–H groups in total. The minimum absolute atomic E-state index is 0.0333. The lowest BCUT2D eigenvalue weighted by molar-refractivity contribution is -0.133. The topological polar surface area (TPSA) is 71.2 Å². The van der Waals surface area contributed by atoms with Crippen molar-refractivity contribution < 1.29 is 9.90 Å². The summed E-state index contributed by atoms with van der Waals surface area (Å²) in [4.78, 5) is 13.1. The van der Waals surface area contributed by atoms with E-state index in [2.05, 4.69) is 19.7 Å². The van der Waals surface area contributed by atoms with E-state index < -0.39 is 5.97 Å².